The third-order valence-electron chi connectivity index (χ3n) is 2.20. The topological polar surface area (TPSA) is 190 Å². The van der Waals surface area contributed by atoms with Crippen molar-refractivity contribution in [1.82, 2.24) is 0 Å². The second-order valence-electron chi connectivity index (χ2n) is 4.51. The lowest BCUT2D eigenvalue weighted by molar-refractivity contribution is -0.143. The molecule has 0 aliphatic carbocycles. The summed E-state index contributed by atoms with van der Waals surface area (Å²) in [5.41, 5.74) is 0.167. The van der Waals surface area contributed by atoms with Crippen LogP contribution in [0.15, 0.2) is 24.3 Å². The Labute approximate surface area is 142 Å². The lowest BCUT2D eigenvalue weighted by Crippen LogP contribution is -2.03. The molecule has 0 heterocycles. The van der Waals surface area contributed by atoms with Crippen LogP contribution in [0.2, 0.25) is 0 Å². The molecule has 25 heavy (non-hydrogen) atoms. The molecule has 0 fully saturated rings. The van der Waals surface area contributed by atoms with Gasteiger partial charge in [0.2, 0.25) is 0 Å². The van der Waals surface area contributed by atoms with Crippen molar-refractivity contribution >= 4 is 23.9 Å². The molecule has 0 aliphatic heterocycles. The average Bonchev–Trinajstić information content (AvgIpc) is 2.54. The molecule has 6 N–H and O–H groups in total. The number of aromatic carboxylic acids is 2. The van der Waals surface area contributed by atoms with E-state index < -0.39 is 30.0 Å². The van der Waals surface area contributed by atoms with Crippen LogP contribution in [0, 0.1) is 0 Å². The molecule has 1 rings (SSSR count). The van der Waals surface area contributed by atoms with E-state index in [1.807, 2.05) is 0 Å². The highest BCUT2D eigenvalue weighted by Gasteiger charge is 2.04. The number of benzene rings is 1. The molecule has 0 aliphatic rings. The highest BCUT2D eigenvalue weighted by molar-refractivity contribution is 5.91. The van der Waals surface area contributed by atoms with Gasteiger partial charge in [-0.05, 0) is 31.2 Å². The summed E-state index contributed by atoms with van der Waals surface area (Å²) in [7, 11) is 0. The van der Waals surface area contributed by atoms with Crippen molar-refractivity contribution in [2.75, 3.05) is 6.61 Å². The summed E-state index contributed by atoms with van der Waals surface area (Å²) < 4.78 is 0. The number of carboxylic acids is 4. The molecule has 0 saturated heterocycles. The minimum absolute atomic E-state index is 0.0833. The van der Waals surface area contributed by atoms with E-state index in [0.717, 1.165) is 0 Å². The fourth-order valence-corrected chi connectivity index (χ4v) is 0.969. The maximum absolute atomic E-state index is 10.3. The van der Waals surface area contributed by atoms with Crippen molar-refractivity contribution in [1.29, 1.82) is 0 Å². The normalized spacial score (nSPS) is 10.2. The lowest BCUT2D eigenvalue weighted by atomic mass is 10.1. The zero-order valence-corrected chi connectivity index (χ0v) is 13.3. The molecular weight excluding hydrogens is 340 g/mol. The number of aliphatic hydroxyl groups excluding tert-OH is 2. The van der Waals surface area contributed by atoms with E-state index in [1.165, 1.54) is 31.2 Å². The Hall–Kier alpha value is -2.98. The molecule has 140 valence electrons. The summed E-state index contributed by atoms with van der Waals surface area (Å²) in [6.07, 6.45) is -1.15. The first-order valence-corrected chi connectivity index (χ1v) is 6.80. The van der Waals surface area contributed by atoms with E-state index in [4.69, 9.17) is 30.6 Å². The van der Waals surface area contributed by atoms with Gasteiger partial charge in [0.05, 0.1) is 36.7 Å². The SMILES string of the molecule is CC(O)CO.O=C(O)CCC(=O)O.O=C(O)c1ccc(C(=O)O)cc1. The van der Waals surface area contributed by atoms with Crippen LogP contribution in [0.1, 0.15) is 40.5 Å². The number of aliphatic carboxylic acids is 2. The van der Waals surface area contributed by atoms with Gasteiger partial charge in [0.15, 0.2) is 0 Å². The second-order valence-corrected chi connectivity index (χ2v) is 4.51. The van der Waals surface area contributed by atoms with Crippen molar-refractivity contribution in [3.63, 3.8) is 0 Å². The third-order valence-corrected chi connectivity index (χ3v) is 2.20. The monoisotopic (exact) mass is 360 g/mol. The predicted molar refractivity (Wildman–Crippen MR) is 83.6 cm³/mol. The van der Waals surface area contributed by atoms with Gasteiger partial charge < -0.3 is 30.6 Å². The van der Waals surface area contributed by atoms with Crippen molar-refractivity contribution in [3.8, 4) is 0 Å². The number of carboxylic acid groups (broad SMARTS) is 4. The molecule has 0 saturated carbocycles. The standard InChI is InChI=1S/C8H6O4.C4H6O4.C3H8O2/c9-7(10)5-1-2-6(4-3-5)8(11)12;5-3(6)1-2-4(7)8;1-3(5)2-4/h1-4H,(H,9,10)(H,11,12);1-2H2,(H,5,6)(H,7,8);3-5H,2H2,1H3. The van der Waals surface area contributed by atoms with Crippen LogP contribution >= 0.6 is 0 Å². The number of aliphatic hydroxyl groups is 2. The molecule has 1 aromatic rings. The van der Waals surface area contributed by atoms with E-state index in [9.17, 15) is 19.2 Å². The maximum atomic E-state index is 10.3. The largest absolute Gasteiger partial charge is 0.481 e. The van der Waals surface area contributed by atoms with E-state index >= 15 is 0 Å². The molecular formula is C15H20O10. The van der Waals surface area contributed by atoms with Crippen LogP contribution < -0.4 is 0 Å². The Morgan fingerprint density at radius 2 is 1.04 bits per heavy atom. The molecule has 0 bridgehead atoms. The minimum atomic E-state index is -1.08. The smallest absolute Gasteiger partial charge is 0.335 e. The fourth-order valence-electron chi connectivity index (χ4n) is 0.969. The fraction of sp³-hybridized carbons (Fsp3) is 0.333. The van der Waals surface area contributed by atoms with Crippen molar-refractivity contribution in [3.05, 3.63) is 35.4 Å². The van der Waals surface area contributed by atoms with Crippen LogP contribution in [-0.2, 0) is 9.59 Å². The van der Waals surface area contributed by atoms with E-state index in [0.29, 0.717) is 0 Å². The highest BCUT2D eigenvalue weighted by Crippen LogP contribution is 2.03. The molecule has 10 heteroatoms. The van der Waals surface area contributed by atoms with Crippen LogP contribution in [0.4, 0.5) is 0 Å². The van der Waals surface area contributed by atoms with Gasteiger partial charge in [-0.2, -0.15) is 0 Å². The van der Waals surface area contributed by atoms with Gasteiger partial charge in [-0.3, -0.25) is 9.59 Å². The van der Waals surface area contributed by atoms with Crippen LogP contribution in [-0.4, -0.2) is 67.2 Å². The first-order valence-electron chi connectivity index (χ1n) is 6.80. The first kappa shape index (κ1) is 24.3. The Morgan fingerprint density at radius 3 is 1.16 bits per heavy atom. The second kappa shape index (κ2) is 13.5. The number of hydrogen-bond acceptors (Lipinski definition) is 6. The number of rotatable bonds is 6. The minimum Gasteiger partial charge on any atom is -0.481 e. The van der Waals surface area contributed by atoms with E-state index in [1.54, 1.807) is 0 Å². The van der Waals surface area contributed by atoms with Crippen LogP contribution in [0.5, 0.6) is 0 Å². The summed E-state index contributed by atoms with van der Waals surface area (Å²) in [4.78, 5) is 40.0. The summed E-state index contributed by atoms with van der Waals surface area (Å²) in [5.74, 6) is -4.28. The zero-order valence-electron chi connectivity index (χ0n) is 13.3. The Kier molecular flexibility index (Phi) is 13.1. The van der Waals surface area contributed by atoms with Gasteiger partial charge in [-0.25, -0.2) is 9.59 Å². The van der Waals surface area contributed by atoms with Crippen molar-refractivity contribution in [2.24, 2.45) is 0 Å². The van der Waals surface area contributed by atoms with Crippen LogP contribution in [0.3, 0.4) is 0 Å². The Balaban J connectivity index is 0. The van der Waals surface area contributed by atoms with Gasteiger partial charge in [0.1, 0.15) is 0 Å². The van der Waals surface area contributed by atoms with Gasteiger partial charge in [0.25, 0.3) is 0 Å². The average molecular weight is 360 g/mol. The van der Waals surface area contributed by atoms with Crippen LogP contribution in [0.25, 0.3) is 0 Å². The quantitative estimate of drug-likeness (QED) is 0.413. The zero-order chi connectivity index (χ0) is 20.0. The van der Waals surface area contributed by atoms with Crippen molar-refractivity contribution < 1.29 is 49.8 Å². The first-order chi connectivity index (χ1) is 11.5. The number of hydrogen-bond donors (Lipinski definition) is 6. The molecule has 0 spiro atoms. The summed E-state index contributed by atoms with van der Waals surface area (Å²) >= 11 is 0. The third kappa shape index (κ3) is 15.7. The van der Waals surface area contributed by atoms with E-state index in [-0.39, 0.29) is 30.6 Å². The van der Waals surface area contributed by atoms with E-state index in [2.05, 4.69) is 0 Å². The molecule has 1 unspecified atom stereocenters. The molecule has 1 atom stereocenters. The molecule has 0 radical (unpaired) electrons. The van der Waals surface area contributed by atoms with Crippen molar-refractivity contribution in [2.45, 2.75) is 25.9 Å². The number of carbonyl (C=O) groups is 4. The highest BCUT2D eigenvalue weighted by atomic mass is 16.4. The molecule has 0 amide bonds. The molecule has 0 aromatic heterocycles. The predicted octanol–water partition coefficient (Wildman–Crippen LogP) is 0.378. The van der Waals surface area contributed by atoms with Gasteiger partial charge >= 0.3 is 23.9 Å². The summed E-state index contributed by atoms with van der Waals surface area (Å²) in [5, 5.41) is 48.7. The maximum Gasteiger partial charge on any atom is 0.335 e. The molecule has 10 nitrogen and oxygen atoms in total. The summed E-state index contributed by atoms with van der Waals surface area (Å²) in [6.45, 7) is 1.39. The van der Waals surface area contributed by atoms with Gasteiger partial charge in [0, 0.05) is 0 Å². The molecule has 1 aromatic carbocycles. The lowest BCUT2D eigenvalue weighted by Gasteiger charge is -1.94. The summed E-state index contributed by atoms with van der Waals surface area (Å²) in [6, 6.07) is 5.02. The Bertz CT molecular complexity index is 515. The Morgan fingerprint density at radius 1 is 0.800 bits per heavy atom. The van der Waals surface area contributed by atoms with Gasteiger partial charge in [-0.1, -0.05) is 0 Å². The van der Waals surface area contributed by atoms with Gasteiger partial charge in [-0.15, -0.1) is 0 Å².